The normalized spacial score (nSPS) is 19.7. The van der Waals surface area contributed by atoms with Gasteiger partial charge in [-0.15, -0.1) is 0 Å². The molecule has 0 bridgehead atoms. The van der Waals surface area contributed by atoms with Crippen LogP contribution < -0.4 is 5.73 Å². The molecule has 0 radical (unpaired) electrons. The smallest absolute Gasteiger partial charge is 0.416 e. The van der Waals surface area contributed by atoms with Crippen molar-refractivity contribution in [3.8, 4) is 0 Å². The maximum Gasteiger partial charge on any atom is 0.416 e. The molecule has 3 amide bonds. The molecule has 2 aromatic rings. The first-order valence-corrected chi connectivity index (χ1v) is 12.9. The van der Waals surface area contributed by atoms with Crippen molar-refractivity contribution in [2.45, 2.75) is 57.0 Å². The predicted molar refractivity (Wildman–Crippen MR) is 132 cm³/mol. The highest BCUT2D eigenvalue weighted by atomic mass is 19.4. The third kappa shape index (κ3) is 6.94. The van der Waals surface area contributed by atoms with E-state index in [0.717, 1.165) is 4.90 Å². The number of carbonyl (C=O) groups is 3. The first kappa shape index (κ1) is 31.1. The van der Waals surface area contributed by atoms with E-state index in [-0.39, 0.29) is 45.1 Å². The fourth-order valence-electron chi connectivity index (χ4n) is 5.11. The molecule has 4 rings (SSSR count). The van der Waals surface area contributed by atoms with Crippen molar-refractivity contribution >= 4 is 17.9 Å². The van der Waals surface area contributed by atoms with Gasteiger partial charge in [-0.25, -0.2) is 9.18 Å². The van der Waals surface area contributed by atoms with E-state index in [4.69, 9.17) is 10.5 Å². The third-order valence-corrected chi connectivity index (χ3v) is 7.04. The number of hydrogen-bond acceptors (Lipinski definition) is 5. The molecule has 0 aliphatic carbocycles. The van der Waals surface area contributed by atoms with Gasteiger partial charge in [-0.2, -0.15) is 26.3 Å². The largest absolute Gasteiger partial charge is 0.444 e. The molecule has 2 aliphatic heterocycles. The van der Waals surface area contributed by atoms with Crippen molar-refractivity contribution in [2.75, 3.05) is 19.6 Å². The van der Waals surface area contributed by atoms with Gasteiger partial charge in [-0.1, -0.05) is 12.1 Å². The van der Waals surface area contributed by atoms with Crippen LogP contribution in [0.3, 0.4) is 0 Å². The first-order chi connectivity index (χ1) is 19.7. The van der Waals surface area contributed by atoms with Crippen LogP contribution in [0.2, 0.25) is 0 Å². The summed E-state index contributed by atoms with van der Waals surface area (Å²) in [6.45, 7) is -1.09. The molecule has 15 heteroatoms. The van der Waals surface area contributed by atoms with Crippen LogP contribution in [-0.4, -0.2) is 64.4 Å². The lowest BCUT2D eigenvalue weighted by molar-refractivity contribution is -0.169. The Balaban J connectivity index is 1.58. The van der Waals surface area contributed by atoms with Crippen molar-refractivity contribution in [3.63, 3.8) is 0 Å². The van der Waals surface area contributed by atoms with E-state index in [0.29, 0.717) is 24.1 Å². The van der Waals surface area contributed by atoms with E-state index in [2.05, 4.69) is 0 Å². The molecule has 2 N–H and O–H groups in total. The lowest BCUT2D eigenvalue weighted by Gasteiger charge is -2.51. The SMILES string of the molecule is NCCC[C@H]1C(=O)N(Cc2cccc(F)c2)C[C@@H]2N(C(=O)OCc3cc(C(F)(F)F)cc(C(F)(F)F)c3)CCC(=O)N21. The number of nitrogens with zero attached hydrogens (tertiary/aromatic N) is 3. The van der Waals surface area contributed by atoms with Crippen molar-refractivity contribution in [1.82, 2.24) is 14.7 Å². The number of halogens is 7. The number of piperazine rings is 1. The molecule has 2 atom stereocenters. The summed E-state index contributed by atoms with van der Waals surface area (Å²) in [5.41, 5.74) is 2.42. The molecule has 0 aromatic heterocycles. The van der Waals surface area contributed by atoms with Gasteiger partial charge in [0.1, 0.15) is 24.6 Å². The Morgan fingerprint density at radius 3 is 2.24 bits per heavy atom. The van der Waals surface area contributed by atoms with Gasteiger partial charge in [-0.05, 0) is 60.8 Å². The molecule has 2 fully saturated rings. The van der Waals surface area contributed by atoms with E-state index in [1.165, 1.54) is 28.0 Å². The second-order valence-electron chi connectivity index (χ2n) is 9.99. The van der Waals surface area contributed by atoms with Crippen molar-refractivity contribution < 1.29 is 49.9 Å². The Morgan fingerprint density at radius 2 is 1.64 bits per heavy atom. The Hall–Kier alpha value is -3.88. The van der Waals surface area contributed by atoms with Crippen LogP contribution in [0.1, 0.15) is 41.5 Å². The second-order valence-corrected chi connectivity index (χ2v) is 9.99. The zero-order chi connectivity index (χ0) is 30.8. The van der Waals surface area contributed by atoms with Crippen LogP contribution >= 0.6 is 0 Å². The minimum Gasteiger partial charge on any atom is -0.444 e. The van der Waals surface area contributed by atoms with E-state index in [1.807, 2.05) is 0 Å². The summed E-state index contributed by atoms with van der Waals surface area (Å²) >= 11 is 0. The second kappa shape index (κ2) is 12.2. The van der Waals surface area contributed by atoms with Crippen LogP contribution in [-0.2, 0) is 39.8 Å². The van der Waals surface area contributed by atoms with Crippen LogP contribution in [0.15, 0.2) is 42.5 Å². The number of hydrogen-bond donors (Lipinski definition) is 1. The molecule has 2 heterocycles. The molecule has 0 unspecified atom stereocenters. The number of nitrogens with two attached hydrogens (primary N) is 1. The van der Waals surface area contributed by atoms with Crippen LogP contribution in [0.5, 0.6) is 0 Å². The first-order valence-electron chi connectivity index (χ1n) is 12.9. The molecular formula is C27H27F7N4O4. The number of rotatable bonds is 7. The Bertz CT molecular complexity index is 1300. The third-order valence-electron chi connectivity index (χ3n) is 7.04. The quantitative estimate of drug-likeness (QED) is 0.470. The summed E-state index contributed by atoms with van der Waals surface area (Å²) in [5, 5.41) is 0. The Labute approximate surface area is 235 Å². The van der Waals surface area contributed by atoms with Crippen molar-refractivity contribution in [2.24, 2.45) is 5.73 Å². The van der Waals surface area contributed by atoms with Crippen molar-refractivity contribution in [3.05, 3.63) is 70.5 Å². The highest BCUT2D eigenvalue weighted by molar-refractivity contribution is 5.90. The van der Waals surface area contributed by atoms with Gasteiger partial charge >= 0.3 is 18.4 Å². The number of benzene rings is 2. The van der Waals surface area contributed by atoms with E-state index < -0.39 is 71.6 Å². The monoisotopic (exact) mass is 604 g/mol. The Morgan fingerprint density at radius 1 is 0.976 bits per heavy atom. The number of fused-ring (bicyclic) bond motifs is 1. The summed E-state index contributed by atoms with van der Waals surface area (Å²) in [6, 6.07) is 5.40. The van der Waals surface area contributed by atoms with Gasteiger partial charge in [0, 0.05) is 19.5 Å². The number of alkyl halides is 6. The predicted octanol–water partition coefficient (Wildman–Crippen LogP) is 4.51. The fourth-order valence-corrected chi connectivity index (χ4v) is 5.11. The van der Waals surface area contributed by atoms with Crippen LogP contribution in [0, 0.1) is 5.82 Å². The summed E-state index contributed by atoms with van der Waals surface area (Å²) in [6.07, 6.45) is -11.9. The van der Waals surface area contributed by atoms with Gasteiger partial charge in [0.15, 0.2) is 0 Å². The molecule has 0 saturated carbocycles. The van der Waals surface area contributed by atoms with E-state index in [9.17, 15) is 45.1 Å². The molecule has 8 nitrogen and oxygen atoms in total. The summed E-state index contributed by atoms with van der Waals surface area (Å²) in [7, 11) is 0. The Kier molecular flexibility index (Phi) is 8.99. The summed E-state index contributed by atoms with van der Waals surface area (Å²) < 4.78 is 98.4. The van der Waals surface area contributed by atoms with Gasteiger partial charge in [0.2, 0.25) is 11.8 Å². The number of carbonyl (C=O) groups excluding carboxylic acids is 3. The molecule has 2 saturated heterocycles. The summed E-state index contributed by atoms with van der Waals surface area (Å²) in [4.78, 5) is 43.2. The van der Waals surface area contributed by atoms with Crippen molar-refractivity contribution in [1.29, 1.82) is 0 Å². The maximum atomic E-state index is 13.8. The highest BCUT2D eigenvalue weighted by Gasteiger charge is 2.49. The molecule has 228 valence electrons. The maximum absolute atomic E-state index is 13.8. The van der Waals surface area contributed by atoms with E-state index in [1.54, 1.807) is 6.07 Å². The van der Waals surface area contributed by atoms with Crippen LogP contribution in [0.4, 0.5) is 35.5 Å². The topological polar surface area (TPSA) is 96.2 Å². The zero-order valence-electron chi connectivity index (χ0n) is 22.1. The van der Waals surface area contributed by atoms with Gasteiger partial charge in [0.25, 0.3) is 0 Å². The average Bonchev–Trinajstić information content (AvgIpc) is 2.91. The zero-order valence-corrected chi connectivity index (χ0v) is 22.1. The molecular weight excluding hydrogens is 577 g/mol. The van der Waals surface area contributed by atoms with E-state index >= 15 is 0 Å². The summed E-state index contributed by atoms with van der Waals surface area (Å²) in [5.74, 6) is -1.38. The number of ether oxygens (including phenoxy) is 1. The molecule has 2 aromatic carbocycles. The average molecular weight is 605 g/mol. The molecule has 2 aliphatic rings. The minimum absolute atomic E-state index is 0.0346. The lowest BCUT2D eigenvalue weighted by Crippen LogP contribution is -2.71. The fraction of sp³-hybridized carbons (Fsp3) is 0.444. The molecule has 42 heavy (non-hydrogen) atoms. The number of amides is 3. The molecule has 0 spiro atoms. The van der Waals surface area contributed by atoms with Crippen LogP contribution in [0.25, 0.3) is 0 Å². The van der Waals surface area contributed by atoms with Gasteiger partial charge in [0.05, 0.1) is 17.7 Å². The lowest BCUT2D eigenvalue weighted by atomic mass is 9.99. The van der Waals surface area contributed by atoms with Gasteiger partial charge in [-0.3, -0.25) is 14.5 Å². The highest BCUT2D eigenvalue weighted by Crippen LogP contribution is 2.37. The van der Waals surface area contributed by atoms with Gasteiger partial charge < -0.3 is 20.3 Å². The minimum atomic E-state index is -5.08. The standard InChI is InChI=1S/C27H27F7N4O4/c28-20-4-1-3-16(11-20)13-36-14-22-37(8-6-23(39)38(22)21(24(36)40)5-2-7-35)25(41)42-15-17-9-18(26(29,30)31)12-19(10-17)27(32,33)34/h1,3-4,9-12,21-22H,2,5-8,13-15,35H2/t21-,22+/m0/s1.